The lowest BCUT2D eigenvalue weighted by Crippen LogP contribution is -2.03. The minimum atomic E-state index is -0.0824. The first kappa shape index (κ1) is 13.6. The van der Waals surface area contributed by atoms with E-state index in [4.69, 9.17) is 4.74 Å². The molecule has 0 aromatic heterocycles. The SMILES string of the molecule is CCOC(=O)CCCCc1ccc2ccccc2c1. The average molecular weight is 256 g/mol. The number of hydrogen-bond acceptors (Lipinski definition) is 2. The number of aryl methyl sites for hydroxylation is 1. The van der Waals surface area contributed by atoms with Gasteiger partial charge in [0.25, 0.3) is 0 Å². The minimum absolute atomic E-state index is 0.0824. The number of fused-ring (bicyclic) bond motifs is 1. The molecule has 2 rings (SSSR count). The molecule has 2 heteroatoms. The van der Waals surface area contributed by atoms with Gasteiger partial charge in [-0.2, -0.15) is 0 Å². The van der Waals surface area contributed by atoms with Crippen molar-refractivity contribution < 1.29 is 9.53 Å². The fourth-order valence-electron chi connectivity index (χ4n) is 2.23. The molecule has 0 amide bonds. The van der Waals surface area contributed by atoms with E-state index in [-0.39, 0.29) is 5.97 Å². The second kappa shape index (κ2) is 6.93. The number of benzene rings is 2. The maximum atomic E-state index is 11.2. The van der Waals surface area contributed by atoms with Crippen LogP contribution < -0.4 is 0 Å². The highest BCUT2D eigenvalue weighted by atomic mass is 16.5. The first-order chi connectivity index (χ1) is 9.29. The molecule has 0 saturated heterocycles. The van der Waals surface area contributed by atoms with E-state index in [2.05, 4.69) is 42.5 Å². The van der Waals surface area contributed by atoms with Crippen LogP contribution in [0.4, 0.5) is 0 Å². The summed E-state index contributed by atoms with van der Waals surface area (Å²) in [6.45, 7) is 2.32. The monoisotopic (exact) mass is 256 g/mol. The van der Waals surface area contributed by atoms with E-state index in [1.165, 1.54) is 16.3 Å². The Morgan fingerprint density at radius 3 is 2.63 bits per heavy atom. The van der Waals surface area contributed by atoms with Crippen LogP contribution in [-0.2, 0) is 16.0 Å². The zero-order valence-electron chi connectivity index (χ0n) is 11.4. The molecule has 0 N–H and O–H groups in total. The predicted octanol–water partition coefficient (Wildman–Crippen LogP) is 4.12. The predicted molar refractivity (Wildman–Crippen MR) is 78.1 cm³/mol. The fourth-order valence-corrected chi connectivity index (χ4v) is 2.23. The highest BCUT2D eigenvalue weighted by Gasteiger charge is 2.01. The van der Waals surface area contributed by atoms with Gasteiger partial charge in [0.1, 0.15) is 0 Å². The van der Waals surface area contributed by atoms with E-state index < -0.39 is 0 Å². The van der Waals surface area contributed by atoms with Gasteiger partial charge in [-0.3, -0.25) is 4.79 Å². The van der Waals surface area contributed by atoms with Gasteiger partial charge in [-0.05, 0) is 42.5 Å². The average Bonchev–Trinajstić information content (AvgIpc) is 2.44. The van der Waals surface area contributed by atoms with Crippen LogP contribution in [0, 0.1) is 0 Å². The summed E-state index contributed by atoms with van der Waals surface area (Å²) in [4.78, 5) is 11.2. The molecule has 0 atom stereocenters. The fraction of sp³-hybridized carbons (Fsp3) is 0.353. The van der Waals surface area contributed by atoms with Crippen LogP contribution in [0.25, 0.3) is 10.8 Å². The maximum absolute atomic E-state index is 11.2. The van der Waals surface area contributed by atoms with Gasteiger partial charge in [-0.15, -0.1) is 0 Å². The number of rotatable bonds is 6. The lowest BCUT2D eigenvalue weighted by molar-refractivity contribution is -0.143. The van der Waals surface area contributed by atoms with E-state index in [0.29, 0.717) is 13.0 Å². The maximum Gasteiger partial charge on any atom is 0.305 e. The Morgan fingerprint density at radius 1 is 1.05 bits per heavy atom. The lowest BCUT2D eigenvalue weighted by Gasteiger charge is -2.04. The van der Waals surface area contributed by atoms with Crippen molar-refractivity contribution in [1.82, 2.24) is 0 Å². The van der Waals surface area contributed by atoms with Crippen LogP contribution in [0.3, 0.4) is 0 Å². The van der Waals surface area contributed by atoms with Crippen LogP contribution in [0.5, 0.6) is 0 Å². The molecule has 2 aromatic rings. The largest absolute Gasteiger partial charge is 0.466 e. The Labute approximate surface area is 114 Å². The molecule has 19 heavy (non-hydrogen) atoms. The summed E-state index contributed by atoms with van der Waals surface area (Å²) in [5, 5.41) is 2.56. The van der Waals surface area contributed by atoms with Crippen LogP contribution in [0.2, 0.25) is 0 Å². The summed E-state index contributed by atoms with van der Waals surface area (Å²) in [6.07, 6.45) is 3.47. The Bertz CT molecular complexity index is 546. The lowest BCUT2D eigenvalue weighted by atomic mass is 10.0. The molecule has 2 nitrogen and oxygen atoms in total. The molecule has 0 spiro atoms. The van der Waals surface area contributed by atoms with Crippen molar-refractivity contribution in [3.05, 3.63) is 48.0 Å². The summed E-state index contributed by atoms with van der Waals surface area (Å²) >= 11 is 0. The van der Waals surface area contributed by atoms with Crippen molar-refractivity contribution in [1.29, 1.82) is 0 Å². The Balaban J connectivity index is 1.83. The molecule has 0 bridgehead atoms. The molecule has 100 valence electrons. The summed E-state index contributed by atoms with van der Waals surface area (Å²) in [7, 11) is 0. The van der Waals surface area contributed by atoms with Crippen LogP contribution in [-0.4, -0.2) is 12.6 Å². The number of carbonyl (C=O) groups is 1. The zero-order chi connectivity index (χ0) is 13.5. The molecule has 0 aliphatic carbocycles. The molecule has 0 aliphatic rings. The van der Waals surface area contributed by atoms with Gasteiger partial charge in [0, 0.05) is 6.42 Å². The first-order valence-electron chi connectivity index (χ1n) is 6.93. The third-order valence-corrected chi connectivity index (χ3v) is 3.22. The second-order valence-corrected chi connectivity index (χ2v) is 4.69. The first-order valence-corrected chi connectivity index (χ1v) is 6.93. The molecule has 0 saturated carbocycles. The van der Waals surface area contributed by atoms with Gasteiger partial charge < -0.3 is 4.74 Å². The normalized spacial score (nSPS) is 10.6. The quantitative estimate of drug-likeness (QED) is 0.574. The molecule has 0 heterocycles. The smallest absolute Gasteiger partial charge is 0.305 e. The molecule has 0 fully saturated rings. The van der Waals surface area contributed by atoms with Gasteiger partial charge in [0.05, 0.1) is 6.61 Å². The van der Waals surface area contributed by atoms with Gasteiger partial charge in [-0.1, -0.05) is 42.5 Å². The Kier molecular flexibility index (Phi) is 4.96. The van der Waals surface area contributed by atoms with Crippen molar-refractivity contribution in [2.45, 2.75) is 32.6 Å². The summed E-state index contributed by atoms with van der Waals surface area (Å²) in [6, 6.07) is 15.0. The summed E-state index contributed by atoms with van der Waals surface area (Å²) in [5.74, 6) is -0.0824. The molecule has 0 radical (unpaired) electrons. The number of carbonyl (C=O) groups excluding carboxylic acids is 1. The van der Waals surface area contributed by atoms with Gasteiger partial charge in [-0.25, -0.2) is 0 Å². The summed E-state index contributed by atoms with van der Waals surface area (Å²) in [5.41, 5.74) is 1.34. The van der Waals surface area contributed by atoms with Gasteiger partial charge in [0.15, 0.2) is 0 Å². The van der Waals surface area contributed by atoms with Crippen molar-refractivity contribution in [3.63, 3.8) is 0 Å². The van der Waals surface area contributed by atoms with E-state index in [9.17, 15) is 4.79 Å². The summed E-state index contributed by atoms with van der Waals surface area (Å²) < 4.78 is 4.91. The van der Waals surface area contributed by atoms with E-state index >= 15 is 0 Å². The molecule has 0 unspecified atom stereocenters. The zero-order valence-corrected chi connectivity index (χ0v) is 11.4. The van der Waals surface area contributed by atoms with Crippen molar-refractivity contribution in [3.8, 4) is 0 Å². The van der Waals surface area contributed by atoms with E-state index in [1.807, 2.05) is 6.92 Å². The number of ether oxygens (including phenoxy) is 1. The molecular formula is C17H20O2. The molecule has 2 aromatic carbocycles. The second-order valence-electron chi connectivity index (χ2n) is 4.69. The highest BCUT2D eigenvalue weighted by molar-refractivity contribution is 5.82. The van der Waals surface area contributed by atoms with Crippen molar-refractivity contribution in [2.75, 3.05) is 6.61 Å². The van der Waals surface area contributed by atoms with Crippen LogP contribution in [0.15, 0.2) is 42.5 Å². The number of esters is 1. The van der Waals surface area contributed by atoms with Gasteiger partial charge in [0.2, 0.25) is 0 Å². The van der Waals surface area contributed by atoms with Crippen LogP contribution in [0.1, 0.15) is 31.7 Å². The Morgan fingerprint density at radius 2 is 1.84 bits per heavy atom. The number of hydrogen-bond donors (Lipinski definition) is 0. The number of unbranched alkanes of at least 4 members (excludes halogenated alkanes) is 1. The highest BCUT2D eigenvalue weighted by Crippen LogP contribution is 2.17. The van der Waals surface area contributed by atoms with E-state index in [0.717, 1.165) is 19.3 Å². The van der Waals surface area contributed by atoms with Gasteiger partial charge >= 0.3 is 5.97 Å². The third kappa shape index (κ3) is 4.09. The standard InChI is InChI=1S/C17H20O2/c1-2-19-17(18)10-6-3-7-14-11-12-15-8-4-5-9-16(15)13-14/h4-5,8-9,11-13H,2-3,6-7,10H2,1H3. The van der Waals surface area contributed by atoms with Crippen LogP contribution >= 0.6 is 0 Å². The molecule has 0 aliphatic heterocycles. The third-order valence-electron chi connectivity index (χ3n) is 3.22. The van der Waals surface area contributed by atoms with E-state index in [1.54, 1.807) is 0 Å². The topological polar surface area (TPSA) is 26.3 Å². The van der Waals surface area contributed by atoms with Crippen molar-refractivity contribution >= 4 is 16.7 Å². The minimum Gasteiger partial charge on any atom is -0.466 e. The molecular weight excluding hydrogens is 236 g/mol. The Hall–Kier alpha value is -1.83. The van der Waals surface area contributed by atoms with Crippen molar-refractivity contribution in [2.24, 2.45) is 0 Å².